The van der Waals surface area contributed by atoms with Crippen molar-refractivity contribution in [2.45, 2.75) is 19.4 Å². The highest BCUT2D eigenvalue weighted by atomic mass is 79.9. The molecule has 0 spiro atoms. The molecule has 0 aromatic heterocycles. The summed E-state index contributed by atoms with van der Waals surface area (Å²) in [6, 6.07) is 6.67. The van der Waals surface area contributed by atoms with Crippen LogP contribution >= 0.6 is 28.3 Å². The maximum absolute atomic E-state index is 5.59. The quantitative estimate of drug-likeness (QED) is 0.923. The number of hydrogen-bond donors (Lipinski definition) is 1. The Hall–Kier alpha value is -0.250. The van der Waals surface area contributed by atoms with Gasteiger partial charge in [-0.1, -0.05) is 15.9 Å². The van der Waals surface area contributed by atoms with Gasteiger partial charge in [0.2, 0.25) is 0 Å². The van der Waals surface area contributed by atoms with E-state index >= 15 is 0 Å². The highest BCUT2D eigenvalue weighted by Crippen LogP contribution is 2.33. The fraction of sp³-hybridized carbons (Fsp3) is 0.455. The molecule has 15 heavy (non-hydrogen) atoms. The van der Waals surface area contributed by atoms with Crippen molar-refractivity contribution in [3.05, 3.63) is 28.2 Å². The Bertz CT molecular complexity index is 328. The number of ether oxygens (including phenoxy) is 1. The number of rotatable bonds is 3. The minimum absolute atomic E-state index is 0. The van der Waals surface area contributed by atoms with Crippen molar-refractivity contribution in [3.63, 3.8) is 0 Å². The van der Waals surface area contributed by atoms with Crippen LogP contribution in [0, 0.1) is 0 Å². The topological polar surface area (TPSA) is 21.3 Å². The van der Waals surface area contributed by atoms with Crippen molar-refractivity contribution in [1.29, 1.82) is 0 Å². The summed E-state index contributed by atoms with van der Waals surface area (Å²) in [5, 5.41) is 3.39. The molecule has 84 valence electrons. The van der Waals surface area contributed by atoms with Gasteiger partial charge in [-0.2, -0.15) is 0 Å². The van der Waals surface area contributed by atoms with E-state index in [0.29, 0.717) is 6.04 Å². The molecule has 1 aromatic carbocycles. The maximum Gasteiger partial charge on any atom is 0.124 e. The molecule has 1 aliphatic rings. The van der Waals surface area contributed by atoms with Gasteiger partial charge in [0.25, 0.3) is 0 Å². The van der Waals surface area contributed by atoms with Crippen LogP contribution in [0.5, 0.6) is 5.75 Å². The van der Waals surface area contributed by atoms with Gasteiger partial charge in [-0.3, -0.25) is 0 Å². The molecule has 1 aliphatic heterocycles. The van der Waals surface area contributed by atoms with Crippen molar-refractivity contribution in [2.75, 3.05) is 13.2 Å². The number of benzene rings is 1. The van der Waals surface area contributed by atoms with Crippen LogP contribution in [-0.4, -0.2) is 13.2 Å². The number of hydrogen-bond acceptors (Lipinski definition) is 2. The summed E-state index contributed by atoms with van der Waals surface area (Å²) in [6.45, 7) is 3.85. The lowest BCUT2D eigenvalue weighted by molar-refractivity contribution is 0.316. The van der Waals surface area contributed by atoms with Crippen LogP contribution in [0.2, 0.25) is 0 Å². The van der Waals surface area contributed by atoms with Crippen molar-refractivity contribution in [3.8, 4) is 5.75 Å². The summed E-state index contributed by atoms with van der Waals surface area (Å²) in [4.78, 5) is 0. The van der Waals surface area contributed by atoms with Crippen LogP contribution in [0.1, 0.15) is 24.9 Å². The molecule has 0 bridgehead atoms. The summed E-state index contributed by atoms with van der Waals surface area (Å²) >= 11 is 3.49. The van der Waals surface area contributed by atoms with Gasteiger partial charge in [-0.15, -0.1) is 12.4 Å². The van der Waals surface area contributed by atoms with Crippen LogP contribution < -0.4 is 10.1 Å². The lowest BCUT2D eigenvalue weighted by Gasteiger charge is -2.29. The molecular weight excluding hydrogens is 277 g/mol. The number of halogens is 2. The zero-order valence-electron chi connectivity index (χ0n) is 8.63. The molecule has 4 heteroatoms. The molecule has 1 heterocycles. The third-order valence-electron chi connectivity index (χ3n) is 2.47. The monoisotopic (exact) mass is 291 g/mol. The zero-order valence-corrected chi connectivity index (χ0v) is 11.0. The van der Waals surface area contributed by atoms with Crippen LogP contribution in [0.3, 0.4) is 0 Å². The van der Waals surface area contributed by atoms with Gasteiger partial charge in [-0.25, -0.2) is 0 Å². The first-order valence-electron chi connectivity index (χ1n) is 4.97. The van der Waals surface area contributed by atoms with E-state index in [1.807, 2.05) is 19.1 Å². The smallest absolute Gasteiger partial charge is 0.124 e. The molecule has 1 N–H and O–H groups in total. The predicted octanol–water partition coefficient (Wildman–Crippen LogP) is 3.30. The molecular formula is C11H15BrClNO. The third kappa shape index (κ3) is 2.86. The molecule has 0 amide bonds. The van der Waals surface area contributed by atoms with Crippen LogP contribution in [-0.2, 0) is 0 Å². The molecule has 1 fully saturated rings. The van der Waals surface area contributed by atoms with Gasteiger partial charge in [0.15, 0.2) is 0 Å². The second-order valence-electron chi connectivity index (χ2n) is 3.41. The molecule has 0 aliphatic carbocycles. The molecule has 1 aromatic rings. The Labute approximate surface area is 105 Å². The maximum atomic E-state index is 5.59. The van der Waals surface area contributed by atoms with E-state index < -0.39 is 0 Å². The van der Waals surface area contributed by atoms with Crippen molar-refractivity contribution < 1.29 is 4.74 Å². The normalized spacial score (nSPS) is 18.9. The molecule has 0 saturated carbocycles. The van der Waals surface area contributed by atoms with Crippen molar-refractivity contribution in [1.82, 2.24) is 5.32 Å². The van der Waals surface area contributed by atoms with Crippen LogP contribution in [0.25, 0.3) is 0 Å². The summed E-state index contributed by atoms with van der Waals surface area (Å²) in [7, 11) is 0. The van der Waals surface area contributed by atoms with Gasteiger partial charge >= 0.3 is 0 Å². The van der Waals surface area contributed by atoms with E-state index in [9.17, 15) is 0 Å². The Morgan fingerprint density at radius 2 is 2.27 bits per heavy atom. The fourth-order valence-electron chi connectivity index (χ4n) is 1.63. The van der Waals surface area contributed by atoms with E-state index in [-0.39, 0.29) is 12.4 Å². The first-order chi connectivity index (χ1) is 6.81. The molecule has 0 radical (unpaired) electrons. The summed E-state index contributed by atoms with van der Waals surface area (Å²) in [5.74, 6) is 1.01. The van der Waals surface area contributed by atoms with E-state index in [0.717, 1.165) is 23.4 Å². The average Bonchev–Trinajstić information content (AvgIpc) is 2.07. The lowest BCUT2D eigenvalue weighted by atomic mass is 9.97. The largest absolute Gasteiger partial charge is 0.494 e. The van der Waals surface area contributed by atoms with Crippen molar-refractivity contribution in [2.24, 2.45) is 0 Å². The SMILES string of the molecule is CCOc1ccc(Br)cc1[C@H]1CCN1.Cl. The standard InChI is InChI=1S/C11H14BrNO.ClH/c1-2-14-11-4-3-8(12)7-9(11)10-5-6-13-10;/h3-4,7,10,13H,2,5-6H2,1H3;1H/t10-;/m1./s1. The molecule has 0 unspecified atom stereocenters. The van der Waals surface area contributed by atoms with E-state index in [4.69, 9.17) is 4.74 Å². The van der Waals surface area contributed by atoms with Crippen molar-refractivity contribution >= 4 is 28.3 Å². The molecule has 2 rings (SSSR count). The van der Waals surface area contributed by atoms with E-state index in [2.05, 4.69) is 27.3 Å². The lowest BCUT2D eigenvalue weighted by Crippen LogP contribution is -2.35. The number of nitrogens with one attached hydrogen (secondary N) is 1. The van der Waals surface area contributed by atoms with E-state index in [1.54, 1.807) is 0 Å². The molecule has 1 atom stereocenters. The minimum Gasteiger partial charge on any atom is -0.494 e. The summed E-state index contributed by atoms with van der Waals surface area (Å²) in [6.07, 6.45) is 1.20. The van der Waals surface area contributed by atoms with Gasteiger partial charge in [-0.05, 0) is 38.1 Å². The van der Waals surface area contributed by atoms with Gasteiger partial charge in [0.05, 0.1) is 6.61 Å². The first kappa shape index (κ1) is 12.8. The van der Waals surface area contributed by atoms with Crippen LogP contribution in [0.15, 0.2) is 22.7 Å². The minimum atomic E-state index is 0. The van der Waals surface area contributed by atoms with Gasteiger partial charge in [0.1, 0.15) is 5.75 Å². The Morgan fingerprint density at radius 3 is 2.80 bits per heavy atom. The molecule has 1 saturated heterocycles. The van der Waals surface area contributed by atoms with Crippen LogP contribution in [0.4, 0.5) is 0 Å². The summed E-state index contributed by atoms with van der Waals surface area (Å²) in [5.41, 5.74) is 1.27. The molecule has 2 nitrogen and oxygen atoms in total. The average molecular weight is 293 g/mol. The zero-order chi connectivity index (χ0) is 9.97. The Balaban J connectivity index is 0.00000112. The van der Waals surface area contributed by atoms with Gasteiger partial charge in [0, 0.05) is 16.1 Å². The highest BCUT2D eigenvalue weighted by Gasteiger charge is 2.22. The van der Waals surface area contributed by atoms with Gasteiger partial charge < -0.3 is 10.1 Å². The van der Waals surface area contributed by atoms with E-state index in [1.165, 1.54) is 12.0 Å². The second-order valence-corrected chi connectivity index (χ2v) is 4.33. The second kappa shape index (κ2) is 5.73. The Kier molecular flexibility index (Phi) is 4.90. The Morgan fingerprint density at radius 1 is 1.53 bits per heavy atom. The fourth-order valence-corrected chi connectivity index (χ4v) is 2.01. The highest BCUT2D eigenvalue weighted by molar-refractivity contribution is 9.10. The third-order valence-corrected chi connectivity index (χ3v) is 2.96. The predicted molar refractivity (Wildman–Crippen MR) is 67.9 cm³/mol. The summed E-state index contributed by atoms with van der Waals surface area (Å²) < 4.78 is 6.70. The first-order valence-corrected chi connectivity index (χ1v) is 5.76.